The Balaban J connectivity index is 1.57. The van der Waals surface area contributed by atoms with Gasteiger partial charge in [-0.2, -0.15) is 9.13 Å². The van der Waals surface area contributed by atoms with Gasteiger partial charge >= 0.3 is 5.91 Å². The molecule has 1 unspecified atom stereocenters. The number of aromatic nitrogens is 2. The van der Waals surface area contributed by atoms with Crippen molar-refractivity contribution < 1.29 is 13.9 Å². The summed E-state index contributed by atoms with van der Waals surface area (Å²) in [6.07, 6.45) is 5.47. The zero-order valence-corrected chi connectivity index (χ0v) is 16.6. The molecule has 3 aliphatic heterocycles. The second-order valence-corrected chi connectivity index (χ2v) is 7.98. The summed E-state index contributed by atoms with van der Waals surface area (Å²) in [7, 11) is 1.70. The van der Waals surface area contributed by atoms with E-state index < -0.39 is 5.91 Å². The summed E-state index contributed by atoms with van der Waals surface area (Å²) in [4.78, 5) is 0. The maximum absolute atomic E-state index is 5.40. The largest absolute Gasteiger partial charge is 0.552 e. The lowest BCUT2D eigenvalue weighted by Gasteiger charge is -2.29. The lowest BCUT2D eigenvalue weighted by Crippen LogP contribution is -2.54. The number of hydrogen-bond donors (Lipinski definition) is 0. The average Bonchev–Trinajstić information content (AvgIpc) is 3.55. The highest BCUT2D eigenvalue weighted by molar-refractivity contribution is 5.81. The molecule has 0 saturated carbocycles. The summed E-state index contributed by atoms with van der Waals surface area (Å²) < 4.78 is 15.1. The van der Waals surface area contributed by atoms with Crippen LogP contribution in [-0.4, -0.2) is 37.8 Å². The number of benzene rings is 2. The lowest BCUT2D eigenvalue weighted by atomic mass is 10.1. The van der Waals surface area contributed by atoms with Crippen LogP contribution < -0.4 is 4.74 Å². The van der Waals surface area contributed by atoms with Crippen molar-refractivity contribution in [2.45, 2.75) is 12.3 Å². The van der Waals surface area contributed by atoms with E-state index in [1.165, 1.54) is 22.8 Å². The zero-order valence-electron chi connectivity index (χ0n) is 16.6. The number of nitrogens with zero attached hydrogens (tertiary/aromatic N) is 4. The minimum atomic E-state index is -0.545. The standard InChI is InChI=1S/C25H20N4O/c1-30-24-13-11-19(12-14-24)27-17-23-10-8-21-15-20-7-9-22-16-26(18-5-3-2-4-6-18)25(27,28(20)22)29(21)23/h2-14,16-17H,15H2,1H3/q+2. The van der Waals surface area contributed by atoms with Crippen molar-refractivity contribution in [2.24, 2.45) is 0 Å². The molecule has 5 heteroatoms. The van der Waals surface area contributed by atoms with Gasteiger partial charge in [-0.3, -0.25) is 0 Å². The molecule has 3 aliphatic rings. The van der Waals surface area contributed by atoms with Gasteiger partial charge in [-0.1, -0.05) is 27.4 Å². The van der Waals surface area contributed by atoms with Gasteiger partial charge in [-0.05, 0) is 36.4 Å². The maximum atomic E-state index is 5.40. The number of rotatable bonds is 3. The number of hydrogen-bond acceptors (Lipinski definition) is 1. The molecule has 0 saturated heterocycles. The van der Waals surface area contributed by atoms with Crippen LogP contribution in [0.5, 0.6) is 5.75 Å². The lowest BCUT2D eigenvalue weighted by molar-refractivity contribution is -0.798. The van der Waals surface area contributed by atoms with Crippen LogP contribution in [0.2, 0.25) is 0 Å². The first-order valence-electron chi connectivity index (χ1n) is 10.2. The monoisotopic (exact) mass is 392 g/mol. The van der Waals surface area contributed by atoms with E-state index in [1.807, 2.05) is 12.1 Å². The Labute approximate surface area is 174 Å². The fraction of sp³-hybridized carbons (Fsp3) is 0.120. The molecule has 1 spiro atoms. The minimum absolute atomic E-state index is 0.545. The molecule has 5 nitrogen and oxygen atoms in total. The third-order valence-corrected chi connectivity index (χ3v) is 6.50. The minimum Gasteiger partial charge on any atom is -0.497 e. The highest BCUT2D eigenvalue weighted by Gasteiger charge is 2.68. The SMILES string of the molecule is COc1ccc([N+]2=Cc3ccc4n3C23n2c(ccc2C4)C=[N+]3c2ccccc2)cc1. The molecular weight excluding hydrogens is 372 g/mol. The fourth-order valence-electron chi connectivity index (χ4n) is 5.30. The van der Waals surface area contributed by atoms with Crippen molar-refractivity contribution in [1.29, 1.82) is 0 Å². The molecule has 2 aromatic heterocycles. The molecule has 0 N–H and O–H groups in total. The Bertz CT molecular complexity index is 1380. The smallest absolute Gasteiger partial charge is 0.497 e. The van der Waals surface area contributed by atoms with Crippen molar-refractivity contribution in [3.63, 3.8) is 0 Å². The van der Waals surface area contributed by atoms with Crippen LogP contribution in [0, 0.1) is 0 Å². The molecule has 30 heavy (non-hydrogen) atoms. The van der Waals surface area contributed by atoms with Crippen molar-refractivity contribution in [2.75, 3.05) is 7.11 Å². The van der Waals surface area contributed by atoms with E-state index in [0.29, 0.717) is 0 Å². The third kappa shape index (κ3) is 1.74. The molecule has 2 aromatic carbocycles. The van der Waals surface area contributed by atoms with Gasteiger partial charge in [0.05, 0.1) is 7.11 Å². The summed E-state index contributed by atoms with van der Waals surface area (Å²) in [6.45, 7) is 0. The average molecular weight is 392 g/mol. The summed E-state index contributed by atoms with van der Waals surface area (Å²) in [5.41, 5.74) is 7.36. The highest BCUT2D eigenvalue weighted by atomic mass is 16.5. The first kappa shape index (κ1) is 16.0. The Morgan fingerprint density at radius 2 is 1.27 bits per heavy atom. The second-order valence-electron chi connectivity index (χ2n) is 7.98. The van der Waals surface area contributed by atoms with Crippen LogP contribution in [0.1, 0.15) is 22.8 Å². The quantitative estimate of drug-likeness (QED) is 0.486. The normalized spacial score (nSPS) is 19.9. The van der Waals surface area contributed by atoms with E-state index in [-0.39, 0.29) is 0 Å². The van der Waals surface area contributed by atoms with Crippen LogP contribution in [0.15, 0.2) is 78.9 Å². The molecular formula is C25H20N4O+2. The topological polar surface area (TPSA) is 25.1 Å². The summed E-state index contributed by atoms with van der Waals surface area (Å²) in [5, 5.41) is 0. The molecule has 144 valence electrons. The van der Waals surface area contributed by atoms with Crippen molar-refractivity contribution in [3.05, 3.63) is 102 Å². The Hall–Kier alpha value is -3.86. The molecule has 0 amide bonds. The van der Waals surface area contributed by atoms with Crippen LogP contribution in [0.3, 0.4) is 0 Å². The molecule has 4 aromatic rings. The van der Waals surface area contributed by atoms with Gasteiger partial charge in [0.15, 0.2) is 0 Å². The molecule has 1 atom stereocenters. The van der Waals surface area contributed by atoms with Gasteiger partial charge in [0.2, 0.25) is 23.8 Å². The third-order valence-electron chi connectivity index (χ3n) is 6.50. The first-order valence-corrected chi connectivity index (χ1v) is 10.2. The molecule has 0 aliphatic carbocycles. The second kappa shape index (κ2) is 5.39. The van der Waals surface area contributed by atoms with E-state index in [1.54, 1.807) is 7.11 Å². The summed E-state index contributed by atoms with van der Waals surface area (Å²) >= 11 is 0. The molecule has 0 fully saturated rings. The summed E-state index contributed by atoms with van der Waals surface area (Å²) in [5.74, 6) is 0.316. The van der Waals surface area contributed by atoms with E-state index in [0.717, 1.165) is 23.5 Å². The van der Waals surface area contributed by atoms with E-state index in [2.05, 4.69) is 97.4 Å². The van der Waals surface area contributed by atoms with Crippen LogP contribution in [0.25, 0.3) is 0 Å². The van der Waals surface area contributed by atoms with E-state index in [9.17, 15) is 0 Å². The molecule has 0 radical (unpaired) electrons. The van der Waals surface area contributed by atoms with Crippen LogP contribution >= 0.6 is 0 Å². The molecule has 5 heterocycles. The fourth-order valence-corrected chi connectivity index (χ4v) is 5.30. The van der Waals surface area contributed by atoms with Crippen molar-refractivity contribution >= 4 is 23.8 Å². The Kier molecular flexibility index (Phi) is 2.87. The van der Waals surface area contributed by atoms with Gasteiger partial charge in [0.1, 0.15) is 17.1 Å². The Morgan fingerprint density at radius 3 is 1.83 bits per heavy atom. The van der Waals surface area contributed by atoms with E-state index in [4.69, 9.17) is 4.74 Å². The van der Waals surface area contributed by atoms with Crippen LogP contribution in [0.4, 0.5) is 11.4 Å². The molecule has 7 rings (SSSR count). The van der Waals surface area contributed by atoms with Gasteiger partial charge in [-0.15, -0.1) is 0 Å². The molecule has 0 bridgehead atoms. The van der Waals surface area contributed by atoms with Gasteiger partial charge in [0.25, 0.3) is 0 Å². The number of ether oxygens (including phenoxy) is 1. The van der Waals surface area contributed by atoms with E-state index >= 15 is 0 Å². The maximum Gasteiger partial charge on any atom is 0.552 e. The predicted molar refractivity (Wildman–Crippen MR) is 115 cm³/mol. The Morgan fingerprint density at radius 1 is 0.700 bits per heavy atom. The first-order chi connectivity index (χ1) is 14.8. The zero-order chi connectivity index (χ0) is 19.9. The number of methoxy groups -OCH3 is 1. The van der Waals surface area contributed by atoms with Gasteiger partial charge in [-0.25, -0.2) is 0 Å². The van der Waals surface area contributed by atoms with Gasteiger partial charge < -0.3 is 4.74 Å². The van der Waals surface area contributed by atoms with Crippen molar-refractivity contribution in [1.82, 2.24) is 9.13 Å². The number of para-hydroxylation sites is 1. The summed E-state index contributed by atoms with van der Waals surface area (Å²) in [6, 6.07) is 27.9. The van der Waals surface area contributed by atoms with Crippen LogP contribution in [-0.2, 0) is 12.3 Å². The van der Waals surface area contributed by atoms with Gasteiger partial charge in [0, 0.05) is 42.1 Å². The predicted octanol–water partition coefficient (Wildman–Crippen LogP) is 3.87. The van der Waals surface area contributed by atoms with Crippen molar-refractivity contribution in [3.8, 4) is 5.75 Å². The highest BCUT2D eigenvalue weighted by Crippen LogP contribution is 2.46.